The molecular weight excluding hydrogens is 228 g/mol. The molecule has 0 aliphatic rings. The third-order valence-corrected chi connectivity index (χ3v) is 3.70. The zero-order valence-corrected chi connectivity index (χ0v) is 11.1. The molecule has 90 valence electrons. The van der Waals surface area contributed by atoms with E-state index in [-0.39, 0.29) is 6.04 Å². The molecule has 1 aromatic heterocycles. The molecule has 17 heavy (non-hydrogen) atoms. The van der Waals surface area contributed by atoms with Crippen LogP contribution in [0.5, 0.6) is 0 Å². The minimum absolute atomic E-state index is 0.00688. The number of nitrogens with zero attached hydrogens (tertiary/aromatic N) is 1. The van der Waals surface area contributed by atoms with Crippen molar-refractivity contribution in [2.24, 2.45) is 5.73 Å². The molecule has 1 unspecified atom stereocenters. The van der Waals surface area contributed by atoms with Crippen LogP contribution < -0.4 is 5.73 Å². The van der Waals surface area contributed by atoms with Crippen molar-refractivity contribution in [1.29, 1.82) is 0 Å². The summed E-state index contributed by atoms with van der Waals surface area (Å²) < 4.78 is 0. The van der Waals surface area contributed by atoms with E-state index in [0.717, 1.165) is 23.5 Å². The first-order valence-corrected chi connectivity index (χ1v) is 6.82. The second-order valence-corrected chi connectivity index (χ2v) is 5.33. The van der Waals surface area contributed by atoms with Crippen molar-refractivity contribution < 1.29 is 0 Å². The fraction of sp³-hybridized carbons (Fsp3) is 0.357. The predicted octanol–water partition coefficient (Wildman–Crippen LogP) is 3.26. The summed E-state index contributed by atoms with van der Waals surface area (Å²) in [6.07, 6.45) is 1.94. The van der Waals surface area contributed by atoms with E-state index >= 15 is 0 Å². The highest BCUT2D eigenvalue weighted by atomic mass is 32.1. The number of thiazole rings is 1. The van der Waals surface area contributed by atoms with Crippen LogP contribution in [0.2, 0.25) is 0 Å². The smallest absolute Gasteiger partial charge is 0.0898 e. The van der Waals surface area contributed by atoms with E-state index in [1.54, 1.807) is 11.3 Å². The van der Waals surface area contributed by atoms with Crippen molar-refractivity contribution in [2.45, 2.75) is 32.7 Å². The Balaban J connectivity index is 2.04. The van der Waals surface area contributed by atoms with Crippen molar-refractivity contribution in [3.63, 3.8) is 0 Å². The molecule has 0 spiro atoms. The molecule has 1 heterocycles. The predicted molar refractivity (Wildman–Crippen MR) is 73.3 cm³/mol. The van der Waals surface area contributed by atoms with Gasteiger partial charge in [-0.15, -0.1) is 11.3 Å². The lowest BCUT2D eigenvalue weighted by Gasteiger charge is -2.09. The number of nitrogens with two attached hydrogens (primary N) is 1. The summed E-state index contributed by atoms with van der Waals surface area (Å²) >= 11 is 1.66. The average Bonchev–Trinajstić information content (AvgIpc) is 2.77. The van der Waals surface area contributed by atoms with E-state index in [1.807, 2.05) is 6.92 Å². The van der Waals surface area contributed by atoms with Crippen LogP contribution >= 0.6 is 11.3 Å². The van der Waals surface area contributed by atoms with E-state index in [9.17, 15) is 0 Å². The van der Waals surface area contributed by atoms with Crippen LogP contribution in [0.1, 0.15) is 34.8 Å². The molecule has 0 saturated carbocycles. The van der Waals surface area contributed by atoms with Crippen molar-refractivity contribution in [3.05, 3.63) is 51.5 Å². The lowest BCUT2D eigenvalue weighted by Crippen LogP contribution is -2.13. The number of aromatic nitrogens is 1. The molecule has 2 rings (SSSR count). The summed E-state index contributed by atoms with van der Waals surface area (Å²) in [4.78, 5) is 4.43. The molecule has 0 amide bonds. The van der Waals surface area contributed by atoms with Crippen molar-refractivity contribution in [2.75, 3.05) is 0 Å². The number of aryl methyl sites for hydroxylation is 2. The van der Waals surface area contributed by atoms with Gasteiger partial charge in [-0.2, -0.15) is 0 Å². The van der Waals surface area contributed by atoms with Gasteiger partial charge in [-0.3, -0.25) is 0 Å². The fourth-order valence-electron chi connectivity index (χ4n) is 1.82. The number of rotatable bonds is 4. The van der Waals surface area contributed by atoms with Gasteiger partial charge in [-0.25, -0.2) is 4.98 Å². The molecule has 0 aliphatic carbocycles. The van der Waals surface area contributed by atoms with Gasteiger partial charge >= 0.3 is 0 Å². The summed E-state index contributed by atoms with van der Waals surface area (Å²) in [7, 11) is 0. The number of benzene rings is 1. The molecule has 0 radical (unpaired) electrons. The summed E-state index contributed by atoms with van der Waals surface area (Å²) in [5.74, 6) is 0. The quantitative estimate of drug-likeness (QED) is 0.899. The van der Waals surface area contributed by atoms with Gasteiger partial charge in [0.25, 0.3) is 0 Å². The summed E-state index contributed by atoms with van der Waals surface area (Å²) in [6.45, 7) is 4.18. The maximum atomic E-state index is 6.16. The van der Waals surface area contributed by atoms with Crippen LogP contribution in [0.3, 0.4) is 0 Å². The first-order valence-electron chi connectivity index (χ1n) is 5.94. The van der Waals surface area contributed by atoms with E-state index in [4.69, 9.17) is 5.73 Å². The van der Waals surface area contributed by atoms with Crippen LogP contribution in [0.25, 0.3) is 0 Å². The van der Waals surface area contributed by atoms with E-state index < -0.39 is 0 Å². The van der Waals surface area contributed by atoms with Gasteiger partial charge in [0.05, 0.1) is 16.7 Å². The Labute approximate surface area is 107 Å². The second kappa shape index (κ2) is 5.43. The minimum atomic E-state index is 0.00688. The van der Waals surface area contributed by atoms with Gasteiger partial charge in [0, 0.05) is 5.38 Å². The molecule has 0 saturated heterocycles. The molecular formula is C14H18N2S. The van der Waals surface area contributed by atoms with Gasteiger partial charge in [0.15, 0.2) is 0 Å². The van der Waals surface area contributed by atoms with Crippen LogP contribution in [0, 0.1) is 6.92 Å². The zero-order chi connectivity index (χ0) is 12.3. The van der Waals surface area contributed by atoms with Crippen molar-refractivity contribution in [3.8, 4) is 0 Å². The Morgan fingerprint density at radius 1 is 1.24 bits per heavy atom. The monoisotopic (exact) mass is 246 g/mol. The summed E-state index contributed by atoms with van der Waals surface area (Å²) in [6, 6.07) is 8.69. The molecule has 1 aromatic carbocycles. The Morgan fingerprint density at radius 3 is 2.41 bits per heavy atom. The van der Waals surface area contributed by atoms with Crippen LogP contribution in [-0.4, -0.2) is 4.98 Å². The molecule has 0 fully saturated rings. The first-order chi connectivity index (χ1) is 8.19. The van der Waals surface area contributed by atoms with Crippen molar-refractivity contribution >= 4 is 11.3 Å². The Kier molecular flexibility index (Phi) is 3.92. The highest BCUT2D eigenvalue weighted by molar-refractivity contribution is 7.09. The highest BCUT2D eigenvalue weighted by Gasteiger charge is 2.10. The van der Waals surface area contributed by atoms with E-state index in [1.165, 1.54) is 11.1 Å². The minimum Gasteiger partial charge on any atom is -0.322 e. The molecule has 3 heteroatoms. The SMILES string of the molecule is CCc1ccc(CC(N)c2csc(C)n2)cc1. The lowest BCUT2D eigenvalue weighted by molar-refractivity contribution is 0.700. The zero-order valence-electron chi connectivity index (χ0n) is 10.3. The molecule has 0 aliphatic heterocycles. The van der Waals surface area contributed by atoms with E-state index in [0.29, 0.717) is 0 Å². The third kappa shape index (κ3) is 3.14. The average molecular weight is 246 g/mol. The normalized spacial score (nSPS) is 12.6. The lowest BCUT2D eigenvalue weighted by atomic mass is 10.0. The van der Waals surface area contributed by atoms with Crippen LogP contribution in [0.15, 0.2) is 29.6 Å². The van der Waals surface area contributed by atoms with Gasteiger partial charge in [0.2, 0.25) is 0 Å². The fourth-order valence-corrected chi connectivity index (χ4v) is 2.50. The summed E-state index contributed by atoms with van der Waals surface area (Å²) in [5.41, 5.74) is 9.81. The van der Waals surface area contributed by atoms with Gasteiger partial charge in [0.1, 0.15) is 0 Å². The Bertz CT molecular complexity index is 473. The first kappa shape index (κ1) is 12.3. The van der Waals surface area contributed by atoms with E-state index in [2.05, 4.69) is 41.6 Å². The number of hydrogen-bond acceptors (Lipinski definition) is 3. The number of hydrogen-bond donors (Lipinski definition) is 1. The maximum absolute atomic E-state index is 6.16. The summed E-state index contributed by atoms with van der Waals surface area (Å²) in [5, 5.41) is 3.14. The van der Waals surface area contributed by atoms with Crippen molar-refractivity contribution in [1.82, 2.24) is 4.98 Å². The van der Waals surface area contributed by atoms with Gasteiger partial charge in [-0.1, -0.05) is 31.2 Å². The molecule has 2 aromatic rings. The standard InChI is InChI=1S/C14H18N2S/c1-3-11-4-6-12(7-5-11)8-13(15)14-9-17-10(2)16-14/h4-7,9,13H,3,8,15H2,1-2H3. The van der Waals surface area contributed by atoms with Crippen LogP contribution in [0.4, 0.5) is 0 Å². The largest absolute Gasteiger partial charge is 0.322 e. The van der Waals surface area contributed by atoms with Crippen LogP contribution in [-0.2, 0) is 12.8 Å². The highest BCUT2D eigenvalue weighted by Crippen LogP contribution is 2.18. The topological polar surface area (TPSA) is 38.9 Å². The Morgan fingerprint density at radius 2 is 1.88 bits per heavy atom. The third-order valence-electron chi connectivity index (χ3n) is 2.90. The van der Waals surface area contributed by atoms with Gasteiger partial charge < -0.3 is 5.73 Å². The Hall–Kier alpha value is -1.19. The molecule has 2 N–H and O–H groups in total. The second-order valence-electron chi connectivity index (χ2n) is 4.27. The molecule has 1 atom stereocenters. The molecule has 0 bridgehead atoms. The van der Waals surface area contributed by atoms with Gasteiger partial charge in [-0.05, 0) is 30.9 Å². The molecule has 2 nitrogen and oxygen atoms in total. The maximum Gasteiger partial charge on any atom is 0.0898 e.